The molecule has 1 amide bonds. The van der Waals surface area contributed by atoms with Crippen LogP contribution in [0, 0.1) is 13.8 Å². The van der Waals surface area contributed by atoms with Gasteiger partial charge in [-0.25, -0.2) is 8.42 Å². The van der Waals surface area contributed by atoms with Crippen LogP contribution in [0.4, 0.5) is 5.69 Å². The third kappa shape index (κ3) is 6.13. The van der Waals surface area contributed by atoms with Crippen LogP contribution >= 0.6 is 0 Å². The maximum Gasteiger partial charge on any atom is 0.232 e. The molecule has 0 fully saturated rings. The second-order valence-electron chi connectivity index (χ2n) is 7.98. The molecule has 0 aromatic heterocycles. The van der Waals surface area contributed by atoms with Crippen LogP contribution in [0.5, 0.6) is 11.5 Å². The average molecular weight is 447 g/mol. The lowest BCUT2D eigenvalue weighted by molar-refractivity contribution is -0.121. The van der Waals surface area contributed by atoms with Gasteiger partial charge in [-0.05, 0) is 68.1 Å². The van der Waals surface area contributed by atoms with Crippen molar-refractivity contribution in [1.82, 2.24) is 5.32 Å². The summed E-state index contributed by atoms with van der Waals surface area (Å²) in [6.07, 6.45) is 1.83. The van der Waals surface area contributed by atoms with Crippen LogP contribution in [0.3, 0.4) is 0 Å². The first kappa shape index (κ1) is 22.9. The molecule has 0 spiro atoms. The molecule has 2 aromatic carbocycles. The molecule has 0 bridgehead atoms. The molecule has 1 heterocycles. The summed E-state index contributed by atoms with van der Waals surface area (Å²) in [7, 11) is -3.45. The maximum absolute atomic E-state index is 12.5. The number of rotatable bonds is 8. The fraction of sp³-hybridized carbons (Fsp3) is 0.435. The quantitative estimate of drug-likeness (QED) is 0.671. The third-order valence-electron chi connectivity index (χ3n) is 5.10. The van der Waals surface area contributed by atoms with Crippen LogP contribution < -0.4 is 19.1 Å². The SMILES string of the molecule is Cc1cc(C)cc(N(CCCC(=O)NC(C)c2ccc3c(c2)OCCO3)S(C)(=O)=O)c1. The van der Waals surface area contributed by atoms with E-state index in [-0.39, 0.29) is 24.9 Å². The molecule has 2 aromatic rings. The van der Waals surface area contributed by atoms with Gasteiger partial charge < -0.3 is 14.8 Å². The van der Waals surface area contributed by atoms with Gasteiger partial charge in [0.15, 0.2) is 11.5 Å². The molecule has 3 rings (SSSR count). The number of hydrogen-bond acceptors (Lipinski definition) is 5. The number of carbonyl (C=O) groups is 1. The number of ether oxygens (including phenoxy) is 2. The molecule has 7 nitrogen and oxygen atoms in total. The molecule has 31 heavy (non-hydrogen) atoms. The number of nitrogens with one attached hydrogen (secondary N) is 1. The Morgan fingerprint density at radius 3 is 2.35 bits per heavy atom. The molecular formula is C23H30N2O5S. The van der Waals surface area contributed by atoms with Gasteiger partial charge in [0.2, 0.25) is 15.9 Å². The number of benzene rings is 2. The minimum absolute atomic E-state index is 0.128. The lowest BCUT2D eigenvalue weighted by atomic mass is 10.1. The van der Waals surface area contributed by atoms with Gasteiger partial charge in [0.1, 0.15) is 13.2 Å². The zero-order chi connectivity index (χ0) is 22.6. The Kier molecular flexibility index (Phi) is 7.10. The van der Waals surface area contributed by atoms with E-state index in [9.17, 15) is 13.2 Å². The highest BCUT2D eigenvalue weighted by Crippen LogP contribution is 2.32. The van der Waals surface area contributed by atoms with Gasteiger partial charge in [-0.15, -0.1) is 0 Å². The van der Waals surface area contributed by atoms with Crippen molar-refractivity contribution in [3.05, 3.63) is 53.1 Å². The van der Waals surface area contributed by atoms with E-state index in [1.807, 2.05) is 57.2 Å². The fourth-order valence-electron chi connectivity index (χ4n) is 3.69. The van der Waals surface area contributed by atoms with Gasteiger partial charge in [0.25, 0.3) is 0 Å². The average Bonchev–Trinajstić information content (AvgIpc) is 2.69. The lowest BCUT2D eigenvalue weighted by Gasteiger charge is -2.23. The first-order chi connectivity index (χ1) is 14.6. The standard InChI is InChI=1S/C23H30N2O5S/c1-16-12-17(2)14-20(13-16)25(31(4,27)28)9-5-6-23(26)24-18(3)19-7-8-21-22(15-19)30-11-10-29-21/h7-8,12-15,18H,5-6,9-11H2,1-4H3,(H,24,26). The Bertz CT molecular complexity index is 1030. The van der Waals surface area contributed by atoms with Gasteiger partial charge >= 0.3 is 0 Å². The van der Waals surface area contributed by atoms with E-state index in [1.165, 1.54) is 10.6 Å². The molecule has 168 valence electrons. The van der Waals surface area contributed by atoms with E-state index in [2.05, 4.69) is 5.32 Å². The van der Waals surface area contributed by atoms with Gasteiger partial charge in [-0.1, -0.05) is 12.1 Å². The number of hydrogen-bond donors (Lipinski definition) is 1. The predicted octanol–water partition coefficient (Wildman–Crippen LogP) is 3.50. The summed E-state index contributed by atoms with van der Waals surface area (Å²) in [4.78, 5) is 12.5. The van der Waals surface area contributed by atoms with Crippen molar-refractivity contribution < 1.29 is 22.7 Å². The molecule has 0 saturated carbocycles. The molecule has 1 atom stereocenters. The topological polar surface area (TPSA) is 84.9 Å². The highest BCUT2D eigenvalue weighted by Gasteiger charge is 2.19. The molecule has 0 saturated heterocycles. The molecule has 1 aliphatic rings. The number of anilines is 1. The smallest absolute Gasteiger partial charge is 0.232 e. The van der Waals surface area contributed by atoms with Crippen molar-refractivity contribution in [2.24, 2.45) is 0 Å². The molecule has 1 aliphatic heterocycles. The number of sulfonamides is 1. The zero-order valence-electron chi connectivity index (χ0n) is 18.5. The highest BCUT2D eigenvalue weighted by molar-refractivity contribution is 7.92. The Balaban J connectivity index is 1.58. The van der Waals surface area contributed by atoms with E-state index < -0.39 is 10.0 Å². The minimum Gasteiger partial charge on any atom is -0.486 e. The molecule has 1 N–H and O–H groups in total. The predicted molar refractivity (Wildman–Crippen MR) is 121 cm³/mol. The number of amides is 1. The fourth-order valence-corrected chi connectivity index (χ4v) is 4.64. The van der Waals surface area contributed by atoms with Crippen molar-refractivity contribution >= 4 is 21.6 Å². The molecule has 0 radical (unpaired) electrons. The van der Waals surface area contributed by atoms with Crippen molar-refractivity contribution in [2.45, 2.75) is 39.7 Å². The van der Waals surface area contributed by atoms with E-state index >= 15 is 0 Å². The van der Waals surface area contributed by atoms with E-state index in [0.717, 1.165) is 16.7 Å². The first-order valence-electron chi connectivity index (χ1n) is 10.4. The number of nitrogens with zero attached hydrogens (tertiary/aromatic N) is 1. The summed E-state index contributed by atoms with van der Waals surface area (Å²) in [5.41, 5.74) is 3.54. The maximum atomic E-state index is 12.5. The van der Waals surface area contributed by atoms with Crippen LogP contribution in [0.1, 0.15) is 42.5 Å². The van der Waals surface area contributed by atoms with E-state index in [0.29, 0.717) is 36.8 Å². The monoisotopic (exact) mass is 446 g/mol. The van der Waals surface area contributed by atoms with Crippen LogP contribution in [-0.2, 0) is 14.8 Å². The largest absolute Gasteiger partial charge is 0.486 e. The van der Waals surface area contributed by atoms with E-state index in [4.69, 9.17) is 9.47 Å². The summed E-state index contributed by atoms with van der Waals surface area (Å²) in [6.45, 7) is 7.06. The van der Waals surface area contributed by atoms with Gasteiger partial charge in [0, 0.05) is 13.0 Å². The van der Waals surface area contributed by atoms with Gasteiger partial charge in [-0.2, -0.15) is 0 Å². The Morgan fingerprint density at radius 2 is 1.71 bits per heavy atom. The Hall–Kier alpha value is -2.74. The van der Waals surface area contributed by atoms with E-state index in [1.54, 1.807) is 0 Å². The van der Waals surface area contributed by atoms with Crippen LogP contribution in [0.25, 0.3) is 0 Å². The number of carbonyl (C=O) groups excluding carboxylic acids is 1. The van der Waals surface area contributed by atoms with Crippen LogP contribution in [0.15, 0.2) is 36.4 Å². The lowest BCUT2D eigenvalue weighted by Crippen LogP contribution is -2.32. The second-order valence-corrected chi connectivity index (χ2v) is 9.88. The third-order valence-corrected chi connectivity index (χ3v) is 6.30. The highest BCUT2D eigenvalue weighted by atomic mass is 32.2. The van der Waals surface area contributed by atoms with Crippen molar-refractivity contribution in [2.75, 3.05) is 30.3 Å². The second kappa shape index (κ2) is 9.60. The van der Waals surface area contributed by atoms with Crippen molar-refractivity contribution in [1.29, 1.82) is 0 Å². The summed E-state index contributed by atoms with van der Waals surface area (Å²) >= 11 is 0. The number of aryl methyl sites for hydroxylation is 2. The first-order valence-corrected chi connectivity index (χ1v) is 12.2. The van der Waals surface area contributed by atoms with Gasteiger partial charge in [0.05, 0.1) is 18.0 Å². The molecule has 8 heteroatoms. The normalized spacial score (nSPS) is 14.1. The summed E-state index contributed by atoms with van der Waals surface area (Å²) in [6, 6.07) is 11.1. The van der Waals surface area contributed by atoms with Crippen LogP contribution in [0.2, 0.25) is 0 Å². The zero-order valence-corrected chi connectivity index (χ0v) is 19.3. The number of fused-ring (bicyclic) bond motifs is 1. The minimum atomic E-state index is -3.45. The van der Waals surface area contributed by atoms with Crippen molar-refractivity contribution in [3.8, 4) is 11.5 Å². The summed E-state index contributed by atoms with van der Waals surface area (Å²) in [5, 5.41) is 2.97. The summed E-state index contributed by atoms with van der Waals surface area (Å²) in [5.74, 6) is 1.26. The van der Waals surface area contributed by atoms with Gasteiger partial charge in [-0.3, -0.25) is 9.10 Å². The van der Waals surface area contributed by atoms with Crippen molar-refractivity contribution in [3.63, 3.8) is 0 Å². The summed E-state index contributed by atoms with van der Waals surface area (Å²) < 4.78 is 37.1. The Labute approximate surface area is 184 Å². The molecule has 1 unspecified atom stereocenters. The van der Waals surface area contributed by atoms with Crippen LogP contribution in [-0.4, -0.2) is 40.3 Å². The molecule has 0 aliphatic carbocycles. The molecular weight excluding hydrogens is 416 g/mol. The Morgan fingerprint density at radius 1 is 1.06 bits per heavy atom.